The molecule has 1 heterocycles. The van der Waals surface area contributed by atoms with Crippen molar-refractivity contribution in [1.29, 1.82) is 0 Å². The molecule has 114 valence electrons. The maximum atomic E-state index is 12.5. The highest BCUT2D eigenvalue weighted by Gasteiger charge is 2.23. The van der Waals surface area contributed by atoms with Crippen LogP contribution in [0.3, 0.4) is 0 Å². The highest BCUT2D eigenvalue weighted by molar-refractivity contribution is 5.95. The van der Waals surface area contributed by atoms with Crippen molar-refractivity contribution in [3.8, 4) is 5.75 Å². The number of fused-ring (bicyclic) bond motifs is 1. The SMILES string of the molecule is CN(C)c1cccc(C(=O)NC2CCOc3ccccc32)c1. The quantitative estimate of drug-likeness (QED) is 0.946. The van der Waals surface area contributed by atoms with Gasteiger partial charge in [0.15, 0.2) is 0 Å². The summed E-state index contributed by atoms with van der Waals surface area (Å²) in [7, 11) is 3.93. The summed E-state index contributed by atoms with van der Waals surface area (Å²) in [6, 6.07) is 15.5. The van der Waals surface area contributed by atoms with Gasteiger partial charge >= 0.3 is 0 Å². The number of benzene rings is 2. The van der Waals surface area contributed by atoms with Crippen LogP contribution in [-0.2, 0) is 0 Å². The minimum Gasteiger partial charge on any atom is -0.493 e. The summed E-state index contributed by atoms with van der Waals surface area (Å²) in [6.07, 6.45) is 0.788. The topological polar surface area (TPSA) is 41.6 Å². The number of hydrogen-bond donors (Lipinski definition) is 1. The zero-order valence-electron chi connectivity index (χ0n) is 12.9. The van der Waals surface area contributed by atoms with E-state index in [1.807, 2.05) is 67.5 Å². The predicted octanol–water partition coefficient (Wildman–Crippen LogP) is 3.01. The summed E-state index contributed by atoms with van der Waals surface area (Å²) in [5, 5.41) is 3.12. The van der Waals surface area contributed by atoms with Gasteiger partial charge in [0.2, 0.25) is 0 Å². The lowest BCUT2D eigenvalue weighted by Gasteiger charge is -2.26. The van der Waals surface area contributed by atoms with E-state index in [1.165, 1.54) is 0 Å². The molecular formula is C18H20N2O2. The molecule has 1 N–H and O–H groups in total. The van der Waals surface area contributed by atoms with E-state index in [4.69, 9.17) is 4.74 Å². The largest absolute Gasteiger partial charge is 0.493 e. The van der Waals surface area contributed by atoms with E-state index >= 15 is 0 Å². The number of hydrogen-bond acceptors (Lipinski definition) is 3. The third kappa shape index (κ3) is 2.91. The normalized spacial score (nSPS) is 16.4. The molecule has 1 aliphatic rings. The van der Waals surface area contributed by atoms with Crippen molar-refractivity contribution in [3.63, 3.8) is 0 Å². The van der Waals surface area contributed by atoms with E-state index in [1.54, 1.807) is 0 Å². The van der Waals surface area contributed by atoms with Gasteiger partial charge in [0.1, 0.15) is 5.75 Å². The van der Waals surface area contributed by atoms with Crippen LogP contribution in [0.2, 0.25) is 0 Å². The summed E-state index contributed by atoms with van der Waals surface area (Å²) < 4.78 is 5.63. The van der Waals surface area contributed by atoms with Crippen LogP contribution in [0.4, 0.5) is 5.69 Å². The highest BCUT2D eigenvalue weighted by Crippen LogP contribution is 2.31. The Labute approximate surface area is 130 Å². The van der Waals surface area contributed by atoms with Crippen LogP contribution in [0, 0.1) is 0 Å². The fourth-order valence-corrected chi connectivity index (χ4v) is 2.66. The van der Waals surface area contributed by atoms with Crippen LogP contribution in [0.15, 0.2) is 48.5 Å². The molecule has 1 amide bonds. The summed E-state index contributed by atoms with van der Waals surface area (Å²) in [5.41, 5.74) is 2.74. The van der Waals surface area contributed by atoms with E-state index in [9.17, 15) is 4.79 Å². The fraction of sp³-hybridized carbons (Fsp3) is 0.278. The molecule has 3 rings (SSSR count). The van der Waals surface area contributed by atoms with E-state index < -0.39 is 0 Å². The Morgan fingerprint density at radius 1 is 1.18 bits per heavy atom. The van der Waals surface area contributed by atoms with Crippen molar-refractivity contribution in [2.45, 2.75) is 12.5 Å². The van der Waals surface area contributed by atoms with Gasteiger partial charge in [-0.25, -0.2) is 0 Å². The molecule has 2 aromatic rings. The number of nitrogens with one attached hydrogen (secondary N) is 1. The zero-order valence-corrected chi connectivity index (χ0v) is 12.9. The van der Waals surface area contributed by atoms with E-state index in [0.29, 0.717) is 12.2 Å². The smallest absolute Gasteiger partial charge is 0.251 e. The molecule has 1 unspecified atom stereocenters. The molecule has 4 heteroatoms. The first kappa shape index (κ1) is 14.4. The first-order valence-electron chi connectivity index (χ1n) is 7.45. The first-order chi connectivity index (χ1) is 10.6. The monoisotopic (exact) mass is 296 g/mol. The molecule has 0 bridgehead atoms. The third-order valence-corrected chi connectivity index (χ3v) is 3.89. The average Bonchev–Trinajstić information content (AvgIpc) is 2.55. The minimum absolute atomic E-state index is 0.000428. The van der Waals surface area contributed by atoms with Crippen LogP contribution in [0.25, 0.3) is 0 Å². The van der Waals surface area contributed by atoms with Crippen molar-refractivity contribution in [1.82, 2.24) is 5.32 Å². The number of anilines is 1. The maximum absolute atomic E-state index is 12.5. The number of rotatable bonds is 3. The van der Waals surface area contributed by atoms with E-state index in [2.05, 4.69) is 5.32 Å². The molecule has 0 fully saturated rings. The number of carbonyl (C=O) groups is 1. The van der Waals surface area contributed by atoms with Gasteiger partial charge in [0.05, 0.1) is 12.6 Å². The van der Waals surface area contributed by atoms with Gasteiger partial charge in [0, 0.05) is 37.3 Å². The van der Waals surface area contributed by atoms with Gasteiger partial charge in [-0.2, -0.15) is 0 Å². The minimum atomic E-state index is -0.0506. The van der Waals surface area contributed by atoms with Gasteiger partial charge in [-0.15, -0.1) is 0 Å². The predicted molar refractivity (Wildman–Crippen MR) is 87.5 cm³/mol. The number of para-hydroxylation sites is 1. The molecule has 0 saturated heterocycles. The second kappa shape index (κ2) is 6.10. The van der Waals surface area contributed by atoms with Gasteiger partial charge < -0.3 is 15.0 Å². The molecule has 0 radical (unpaired) electrons. The lowest BCUT2D eigenvalue weighted by molar-refractivity contribution is 0.0925. The fourth-order valence-electron chi connectivity index (χ4n) is 2.66. The van der Waals surface area contributed by atoms with Crippen molar-refractivity contribution >= 4 is 11.6 Å². The third-order valence-electron chi connectivity index (χ3n) is 3.89. The summed E-state index contributed by atoms with van der Waals surface area (Å²) in [6.45, 7) is 0.625. The zero-order chi connectivity index (χ0) is 15.5. The molecule has 2 aromatic carbocycles. The summed E-state index contributed by atoms with van der Waals surface area (Å²) in [4.78, 5) is 14.5. The number of nitrogens with zero attached hydrogens (tertiary/aromatic N) is 1. The Morgan fingerprint density at radius 2 is 2.00 bits per heavy atom. The maximum Gasteiger partial charge on any atom is 0.251 e. The molecule has 1 aliphatic heterocycles. The van der Waals surface area contributed by atoms with Gasteiger partial charge in [-0.3, -0.25) is 4.79 Å². The Morgan fingerprint density at radius 3 is 2.82 bits per heavy atom. The lowest BCUT2D eigenvalue weighted by Crippen LogP contribution is -2.32. The second-order valence-electron chi connectivity index (χ2n) is 5.65. The molecule has 4 nitrogen and oxygen atoms in total. The van der Waals surface area contributed by atoms with Crippen LogP contribution in [0.5, 0.6) is 5.75 Å². The van der Waals surface area contributed by atoms with Gasteiger partial charge in [-0.1, -0.05) is 24.3 Å². The average molecular weight is 296 g/mol. The number of ether oxygens (including phenoxy) is 1. The second-order valence-corrected chi connectivity index (χ2v) is 5.65. The highest BCUT2D eigenvalue weighted by atomic mass is 16.5. The van der Waals surface area contributed by atoms with Crippen LogP contribution in [-0.4, -0.2) is 26.6 Å². The van der Waals surface area contributed by atoms with Gasteiger partial charge in [0.25, 0.3) is 5.91 Å². The molecule has 1 atom stereocenters. The molecule has 0 aliphatic carbocycles. The first-order valence-corrected chi connectivity index (χ1v) is 7.45. The summed E-state index contributed by atoms with van der Waals surface area (Å²) >= 11 is 0. The summed E-state index contributed by atoms with van der Waals surface area (Å²) in [5.74, 6) is 0.812. The molecule has 0 aromatic heterocycles. The lowest BCUT2D eigenvalue weighted by atomic mass is 10.00. The Bertz CT molecular complexity index is 682. The van der Waals surface area contributed by atoms with Crippen LogP contribution in [0.1, 0.15) is 28.4 Å². The molecular weight excluding hydrogens is 276 g/mol. The molecule has 22 heavy (non-hydrogen) atoms. The molecule has 0 saturated carbocycles. The van der Waals surface area contributed by atoms with E-state index in [-0.39, 0.29) is 11.9 Å². The van der Waals surface area contributed by atoms with Crippen molar-refractivity contribution in [2.75, 3.05) is 25.6 Å². The Kier molecular flexibility index (Phi) is 4.00. The van der Waals surface area contributed by atoms with Crippen LogP contribution < -0.4 is 15.0 Å². The van der Waals surface area contributed by atoms with Gasteiger partial charge in [-0.05, 0) is 24.3 Å². The van der Waals surface area contributed by atoms with Crippen molar-refractivity contribution in [2.24, 2.45) is 0 Å². The Balaban J connectivity index is 1.79. The van der Waals surface area contributed by atoms with Crippen molar-refractivity contribution in [3.05, 3.63) is 59.7 Å². The molecule has 0 spiro atoms. The number of amides is 1. The van der Waals surface area contributed by atoms with Crippen molar-refractivity contribution < 1.29 is 9.53 Å². The van der Waals surface area contributed by atoms with E-state index in [0.717, 1.165) is 23.4 Å². The number of carbonyl (C=O) groups excluding carboxylic acids is 1. The standard InChI is InChI=1S/C18H20N2O2/c1-20(2)14-7-5-6-13(12-14)18(21)19-16-10-11-22-17-9-4-3-8-15(16)17/h3-9,12,16H,10-11H2,1-2H3,(H,19,21). The van der Waals surface area contributed by atoms with Crippen LogP contribution >= 0.6 is 0 Å². The Hall–Kier alpha value is -2.49.